The summed E-state index contributed by atoms with van der Waals surface area (Å²) in [5.41, 5.74) is 1.49. The third-order valence-electron chi connectivity index (χ3n) is 6.76. The molecule has 1 heterocycles. The van der Waals surface area contributed by atoms with E-state index in [-0.39, 0.29) is 4.90 Å². The SMILES string of the molecule is CCCCCCCCCCCCCCCCCC[n+]1cccc(B(O)O)c1.Cc1ccc(S(=O)(=O)[O-])cc1. The van der Waals surface area contributed by atoms with Gasteiger partial charge in [0.2, 0.25) is 0 Å². The van der Waals surface area contributed by atoms with Crippen molar-refractivity contribution in [3.8, 4) is 0 Å². The summed E-state index contributed by atoms with van der Waals surface area (Å²) >= 11 is 0. The summed E-state index contributed by atoms with van der Waals surface area (Å²) in [4.78, 5) is -0.178. The van der Waals surface area contributed by atoms with E-state index in [1.54, 1.807) is 18.2 Å². The number of aromatic nitrogens is 1. The predicted octanol–water partition coefficient (Wildman–Crippen LogP) is 5.81. The van der Waals surface area contributed by atoms with Crippen LogP contribution in [0.1, 0.15) is 115 Å². The average Bonchev–Trinajstić information content (AvgIpc) is 2.88. The monoisotopic (exact) mass is 547 g/mol. The molecular weight excluding hydrogens is 497 g/mol. The quantitative estimate of drug-likeness (QED) is 0.1000. The van der Waals surface area contributed by atoms with Crippen LogP contribution in [0, 0.1) is 6.92 Å². The lowest BCUT2D eigenvalue weighted by Crippen LogP contribution is -2.41. The van der Waals surface area contributed by atoms with Crippen molar-refractivity contribution in [2.45, 2.75) is 128 Å². The van der Waals surface area contributed by atoms with E-state index < -0.39 is 17.2 Å². The zero-order chi connectivity index (χ0) is 28.1. The summed E-state index contributed by atoms with van der Waals surface area (Å²) in [7, 11) is -5.64. The molecule has 1 aromatic carbocycles. The normalized spacial score (nSPS) is 11.2. The van der Waals surface area contributed by atoms with Gasteiger partial charge in [-0.25, -0.2) is 13.0 Å². The highest BCUT2D eigenvalue weighted by atomic mass is 32.2. The molecule has 1 aromatic heterocycles. The minimum atomic E-state index is -4.27. The number of aryl methyl sites for hydroxylation is 2. The molecule has 0 aliphatic carbocycles. The van der Waals surface area contributed by atoms with E-state index in [1.165, 1.54) is 108 Å². The lowest BCUT2D eigenvalue weighted by atomic mass is 9.82. The first kappa shape index (κ1) is 34.3. The molecule has 2 aromatic rings. The molecular formula is C30H50BNO5S. The zero-order valence-corrected chi connectivity index (χ0v) is 24.5. The Morgan fingerprint density at radius 3 is 1.61 bits per heavy atom. The molecule has 2 N–H and O–H groups in total. The number of benzene rings is 1. The van der Waals surface area contributed by atoms with E-state index in [1.807, 2.05) is 25.4 Å². The summed E-state index contributed by atoms with van der Waals surface area (Å²) in [6.07, 6.45) is 26.0. The van der Waals surface area contributed by atoms with Gasteiger partial charge < -0.3 is 14.6 Å². The van der Waals surface area contributed by atoms with Crippen LogP contribution in [-0.4, -0.2) is 30.1 Å². The van der Waals surface area contributed by atoms with Crippen LogP contribution in [0.2, 0.25) is 0 Å². The van der Waals surface area contributed by atoms with Gasteiger partial charge in [-0.2, -0.15) is 0 Å². The molecule has 8 heteroatoms. The topological polar surface area (TPSA) is 102 Å². The van der Waals surface area contributed by atoms with Gasteiger partial charge in [-0.15, -0.1) is 0 Å². The van der Waals surface area contributed by atoms with Gasteiger partial charge in [-0.1, -0.05) is 121 Å². The standard InChI is InChI=1S/C23H43BNO2.C7H8O3S/c1-2-3-4-5-6-7-8-9-10-11-12-13-14-15-16-17-20-25-21-18-19-23(22-25)24(26)27;1-6-2-4-7(5-3-6)11(8,9)10/h18-19,21-22,26-27H,2-17,20H2,1H3;2-5H,1H3,(H,8,9,10)/q+1;/p-1. The molecule has 0 aliphatic rings. The molecule has 0 fully saturated rings. The lowest BCUT2D eigenvalue weighted by molar-refractivity contribution is -0.696. The van der Waals surface area contributed by atoms with Crippen LogP contribution in [0.15, 0.2) is 53.7 Å². The van der Waals surface area contributed by atoms with Gasteiger partial charge >= 0.3 is 7.12 Å². The van der Waals surface area contributed by atoms with Gasteiger partial charge in [-0.3, -0.25) is 0 Å². The fraction of sp³-hybridized carbons (Fsp3) is 0.633. The number of unbranched alkanes of at least 4 members (excludes halogenated alkanes) is 15. The van der Waals surface area contributed by atoms with E-state index in [2.05, 4.69) is 11.5 Å². The average molecular weight is 548 g/mol. The molecule has 0 atom stereocenters. The molecule has 214 valence electrons. The molecule has 0 saturated heterocycles. The number of pyridine rings is 1. The Kier molecular flexibility index (Phi) is 19.1. The summed E-state index contributed by atoms with van der Waals surface area (Å²) in [5.74, 6) is 0. The van der Waals surface area contributed by atoms with E-state index >= 15 is 0 Å². The fourth-order valence-corrected chi connectivity index (χ4v) is 4.85. The van der Waals surface area contributed by atoms with Crippen molar-refractivity contribution >= 4 is 22.7 Å². The van der Waals surface area contributed by atoms with Crippen molar-refractivity contribution in [2.75, 3.05) is 0 Å². The van der Waals surface area contributed by atoms with Crippen LogP contribution in [-0.2, 0) is 16.7 Å². The molecule has 0 aliphatic heterocycles. The van der Waals surface area contributed by atoms with Gasteiger partial charge in [0.25, 0.3) is 0 Å². The summed E-state index contributed by atoms with van der Waals surface area (Å²) in [6, 6.07) is 9.40. The number of hydrogen-bond donors (Lipinski definition) is 2. The first-order valence-electron chi connectivity index (χ1n) is 14.6. The van der Waals surface area contributed by atoms with E-state index in [0.29, 0.717) is 5.46 Å². The molecule has 0 unspecified atom stereocenters. The first-order valence-corrected chi connectivity index (χ1v) is 16.0. The van der Waals surface area contributed by atoms with E-state index in [0.717, 1.165) is 18.5 Å². The number of nitrogens with zero attached hydrogens (tertiary/aromatic N) is 1. The van der Waals surface area contributed by atoms with Gasteiger partial charge in [0.15, 0.2) is 12.4 Å². The van der Waals surface area contributed by atoms with Gasteiger partial charge in [0.05, 0.1) is 4.90 Å². The van der Waals surface area contributed by atoms with Crippen LogP contribution in [0.25, 0.3) is 0 Å². The Morgan fingerprint density at radius 1 is 0.737 bits per heavy atom. The maximum absolute atomic E-state index is 10.4. The Bertz CT molecular complexity index is 951. The van der Waals surface area contributed by atoms with Crippen LogP contribution in [0.3, 0.4) is 0 Å². The Morgan fingerprint density at radius 2 is 1.18 bits per heavy atom. The first-order chi connectivity index (χ1) is 18.2. The molecule has 0 saturated carbocycles. The van der Waals surface area contributed by atoms with Crippen molar-refractivity contribution in [3.63, 3.8) is 0 Å². The number of hydrogen-bond acceptors (Lipinski definition) is 5. The zero-order valence-electron chi connectivity index (χ0n) is 23.7. The second-order valence-electron chi connectivity index (χ2n) is 10.3. The highest BCUT2D eigenvalue weighted by Gasteiger charge is 2.14. The molecule has 38 heavy (non-hydrogen) atoms. The minimum absolute atomic E-state index is 0.178. The summed E-state index contributed by atoms with van der Waals surface area (Å²) in [5, 5.41) is 18.4. The fourth-order valence-electron chi connectivity index (χ4n) is 4.38. The molecule has 0 radical (unpaired) electrons. The Hall–Kier alpha value is -1.74. The lowest BCUT2D eigenvalue weighted by Gasteiger charge is -2.05. The summed E-state index contributed by atoms with van der Waals surface area (Å²) in [6.45, 7) is 5.06. The van der Waals surface area contributed by atoms with Gasteiger partial charge in [-0.05, 0) is 25.5 Å². The van der Waals surface area contributed by atoms with Crippen molar-refractivity contribution in [1.82, 2.24) is 0 Å². The third-order valence-corrected chi connectivity index (χ3v) is 7.61. The molecule has 0 bridgehead atoms. The van der Waals surface area contributed by atoms with Crippen molar-refractivity contribution in [1.29, 1.82) is 0 Å². The van der Waals surface area contributed by atoms with Crippen LogP contribution in [0.4, 0.5) is 0 Å². The molecule has 0 amide bonds. The van der Waals surface area contributed by atoms with Crippen molar-refractivity contribution < 1.29 is 27.6 Å². The highest BCUT2D eigenvalue weighted by molar-refractivity contribution is 7.85. The van der Waals surface area contributed by atoms with Gasteiger partial charge in [0.1, 0.15) is 16.7 Å². The maximum Gasteiger partial charge on any atom is 0.494 e. The number of rotatable bonds is 19. The second kappa shape index (κ2) is 21.1. The molecule has 2 rings (SSSR count). The van der Waals surface area contributed by atoms with Crippen LogP contribution in [0.5, 0.6) is 0 Å². The van der Waals surface area contributed by atoms with Crippen molar-refractivity contribution in [3.05, 3.63) is 54.4 Å². The van der Waals surface area contributed by atoms with E-state index in [4.69, 9.17) is 0 Å². The summed E-state index contributed by atoms with van der Waals surface area (Å²) < 4.78 is 33.2. The minimum Gasteiger partial charge on any atom is -0.744 e. The Balaban J connectivity index is 0.000000544. The van der Waals surface area contributed by atoms with Gasteiger partial charge in [0, 0.05) is 17.9 Å². The van der Waals surface area contributed by atoms with E-state index in [9.17, 15) is 23.0 Å². The Labute approximate surface area is 232 Å². The molecule has 6 nitrogen and oxygen atoms in total. The predicted molar refractivity (Wildman–Crippen MR) is 155 cm³/mol. The third kappa shape index (κ3) is 17.7. The largest absolute Gasteiger partial charge is 0.744 e. The van der Waals surface area contributed by atoms with Crippen LogP contribution >= 0.6 is 0 Å². The highest BCUT2D eigenvalue weighted by Crippen LogP contribution is 2.13. The smallest absolute Gasteiger partial charge is 0.494 e. The van der Waals surface area contributed by atoms with Crippen molar-refractivity contribution in [2.24, 2.45) is 0 Å². The second-order valence-corrected chi connectivity index (χ2v) is 11.7. The molecule has 0 spiro atoms. The maximum atomic E-state index is 10.4. The van der Waals surface area contributed by atoms with Crippen LogP contribution < -0.4 is 10.0 Å².